The maximum absolute atomic E-state index is 13.0. The van der Waals surface area contributed by atoms with Crippen molar-refractivity contribution in [3.63, 3.8) is 0 Å². The molecule has 2 rings (SSSR count). The van der Waals surface area contributed by atoms with Crippen LogP contribution in [0.2, 0.25) is 0 Å². The van der Waals surface area contributed by atoms with Gasteiger partial charge >= 0.3 is 12.4 Å². The van der Waals surface area contributed by atoms with Crippen LogP contribution in [-0.4, -0.2) is 9.55 Å². The largest absolute Gasteiger partial charge is 0.425 e. The van der Waals surface area contributed by atoms with E-state index in [1.807, 2.05) is 6.20 Å². The summed E-state index contributed by atoms with van der Waals surface area (Å²) < 4.78 is 77.3. The Hall–Kier alpha value is -1.37. The van der Waals surface area contributed by atoms with Crippen LogP contribution in [0.25, 0.3) is 5.82 Å². The molecule has 0 amide bonds. The molecule has 123 valence electrons. The van der Waals surface area contributed by atoms with Gasteiger partial charge < -0.3 is 4.57 Å². The van der Waals surface area contributed by atoms with Crippen molar-refractivity contribution >= 4 is 0 Å². The van der Waals surface area contributed by atoms with E-state index in [1.54, 1.807) is 13.0 Å². The Kier molecular flexibility index (Phi) is 5.44. The van der Waals surface area contributed by atoms with E-state index in [2.05, 4.69) is 4.98 Å². The minimum atomic E-state index is -5.17. The van der Waals surface area contributed by atoms with Gasteiger partial charge in [-0.2, -0.15) is 26.3 Å². The molecule has 0 aliphatic rings. The monoisotopic (exact) mass is 410 g/mol. The molecule has 2 aromatic heterocycles. The van der Waals surface area contributed by atoms with Crippen molar-refractivity contribution in [2.75, 3.05) is 0 Å². The Balaban J connectivity index is 0.00000242. The molecule has 0 N–H and O–H groups in total. The quantitative estimate of drug-likeness (QED) is 0.411. The molecule has 0 saturated heterocycles. The van der Waals surface area contributed by atoms with E-state index in [0.717, 1.165) is 0 Å². The fourth-order valence-corrected chi connectivity index (χ4v) is 1.85. The minimum Gasteiger partial charge on any atom is -0.425 e. The summed E-state index contributed by atoms with van der Waals surface area (Å²) in [4.78, 5) is 3.90. The van der Waals surface area contributed by atoms with E-state index in [9.17, 15) is 26.3 Å². The normalized spacial score (nSPS) is 12.1. The number of alkyl halides is 6. The molecule has 0 saturated carbocycles. The van der Waals surface area contributed by atoms with E-state index in [1.165, 1.54) is 12.1 Å². The molecule has 9 heteroatoms. The van der Waals surface area contributed by atoms with E-state index < -0.39 is 23.6 Å². The van der Waals surface area contributed by atoms with E-state index in [0.29, 0.717) is 16.7 Å². The standard InChI is InChI=1S/C13H9F6N2.Rh/c1-2-8-4-3-5-10(20-8)21-7-6-9(12(14,15)16)11(21)13(17,18)19;/h3-6H,2H2,1H3;/q-1;. The number of pyridine rings is 1. The zero-order chi connectivity index (χ0) is 15.8. The van der Waals surface area contributed by atoms with Crippen molar-refractivity contribution in [3.8, 4) is 5.82 Å². The van der Waals surface area contributed by atoms with Gasteiger partial charge in [-0.1, -0.05) is 25.3 Å². The molecule has 2 nitrogen and oxygen atoms in total. The molecule has 2 aromatic rings. The van der Waals surface area contributed by atoms with Crippen LogP contribution in [0.1, 0.15) is 23.9 Å². The van der Waals surface area contributed by atoms with Gasteiger partial charge in [-0.05, 0) is 18.1 Å². The summed E-state index contributed by atoms with van der Waals surface area (Å²) in [7, 11) is 0. The molecule has 0 fully saturated rings. The minimum absolute atomic E-state index is 0. The van der Waals surface area contributed by atoms with Crippen molar-refractivity contribution in [1.82, 2.24) is 9.55 Å². The van der Waals surface area contributed by atoms with Gasteiger partial charge in [-0.25, -0.2) is 0 Å². The van der Waals surface area contributed by atoms with E-state index in [4.69, 9.17) is 0 Å². The molecule has 0 atom stereocenters. The number of aromatic nitrogens is 2. The van der Waals surface area contributed by atoms with Crippen molar-refractivity contribution < 1.29 is 45.8 Å². The Morgan fingerprint density at radius 1 is 1.09 bits per heavy atom. The van der Waals surface area contributed by atoms with Crippen LogP contribution >= 0.6 is 0 Å². The summed E-state index contributed by atoms with van der Waals surface area (Å²) in [5, 5.41) is 0. The number of halogens is 6. The Morgan fingerprint density at radius 3 is 2.23 bits per heavy atom. The molecule has 22 heavy (non-hydrogen) atoms. The van der Waals surface area contributed by atoms with Crippen molar-refractivity contribution in [2.24, 2.45) is 0 Å². The number of aryl methyl sites for hydroxylation is 1. The summed E-state index contributed by atoms with van der Waals surface area (Å²) >= 11 is 0. The van der Waals surface area contributed by atoms with Crippen molar-refractivity contribution in [2.45, 2.75) is 25.7 Å². The van der Waals surface area contributed by atoms with Crippen LogP contribution < -0.4 is 0 Å². The van der Waals surface area contributed by atoms with Crippen LogP contribution in [0.15, 0.2) is 24.3 Å². The number of hydrogen-bond donors (Lipinski definition) is 0. The third-order valence-electron chi connectivity index (χ3n) is 2.77. The maximum atomic E-state index is 13.0. The molecular formula is C13H9F6N2Rh-. The topological polar surface area (TPSA) is 17.8 Å². The number of nitrogens with zero attached hydrogens (tertiary/aromatic N) is 2. The first-order valence-corrected chi connectivity index (χ1v) is 5.88. The van der Waals surface area contributed by atoms with Gasteiger partial charge in [0.05, 0.1) is 5.82 Å². The van der Waals surface area contributed by atoms with Gasteiger partial charge in [0, 0.05) is 30.9 Å². The predicted octanol–water partition coefficient (Wildman–Crippen LogP) is 4.27. The third-order valence-corrected chi connectivity index (χ3v) is 2.77. The first-order chi connectivity index (χ1) is 9.64. The third kappa shape index (κ3) is 3.69. The second-order valence-electron chi connectivity index (χ2n) is 4.21. The molecule has 0 aromatic carbocycles. The van der Waals surface area contributed by atoms with E-state index in [-0.39, 0.29) is 31.4 Å². The molecule has 0 spiro atoms. The number of rotatable bonds is 2. The Labute approximate surface area is 134 Å². The van der Waals surface area contributed by atoms with Gasteiger partial charge in [0.25, 0.3) is 0 Å². The summed E-state index contributed by atoms with van der Waals surface area (Å²) in [6, 6.07) is 4.49. The zero-order valence-electron chi connectivity index (χ0n) is 11.0. The SMILES string of the molecule is CCc1cccc(-n2[c-]cc(C(F)(F)F)c2C(F)(F)F)n1.[Rh]. The first kappa shape index (κ1) is 18.7. The summed E-state index contributed by atoms with van der Waals surface area (Å²) in [6.07, 6.45) is -7.87. The average Bonchev–Trinajstić information content (AvgIpc) is 2.83. The predicted molar refractivity (Wildman–Crippen MR) is 61.8 cm³/mol. The number of hydrogen-bond acceptors (Lipinski definition) is 1. The van der Waals surface area contributed by atoms with Gasteiger partial charge in [0.2, 0.25) is 0 Å². The Morgan fingerprint density at radius 2 is 1.73 bits per heavy atom. The Bertz CT molecular complexity index is 645. The molecule has 2 heterocycles. The summed E-state index contributed by atoms with van der Waals surface area (Å²) in [5.74, 6) is -0.253. The van der Waals surface area contributed by atoms with Gasteiger partial charge in [0.15, 0.2) is 0 Å². The zero-order valence-corrected chi connectivity index (χ0v) is 12.7. The average molecular weight is 410 g/mol. The van der Waals surface area contributed by atoms with E-state index >= 15 is 0 Å². The first-order valence-electron chi connectivity index (χ1n) is 5.88. The van der Waals surface area contributed by atoms with Crippen molar-refractivity contribution in [3.05, 3.63) is 47.4 Å². The maximum Gasteiger partial charge on any atom is 0.388 e. The van der Waals surface area contributed by atoms with Gasteiger partial charge in [-0.15, -0.1) is 6.07 Å². The second kappa shape index (κ2) is 6.40. The van der Waals surface area contributed by atoms with Gasteiger partial charge in [0.1, 0.15) is 0 Å². The van der Waals surface area contributed by atoms with Crippen LogP contribution in [0, 0.1) is 6.20 Å². The fraction of sp³-hybridized carbons (Fsp3) is 0.308. The van der Waals surface area contributed by atoms with Crippen molar-refractivity contribution in [1.29, 1.82) is 0 Å². The molecular weight excluding hydrogens is 401 g/mol. The molecule has 0 aliphatic heterocycles. The summed E-state index contributed by atoms with van der Waals surface area (Å²) in [6.45, 7) is 1.73. The molecule has 0 bridgehead atoms. The second-order valence-corrected chi connectivity index (χ2v) is 4.21. The van der Waals surface area contributed by atoms with Crippen LogP contribution in [0.5, 0.6) is 0 Å². The fourth-order valence-electron chi connectivity index (χ4n) is 1.85. The van der Waals surface area contributed by atoms with Crippen LogP contribution in [-0.2, 0) is 38.3 Å². The summed E-state index contributed by atoms with van der Waals surface area (Å²) in [5.41, 5.74) is -3.13. The van der Waals surface area contributed by atoms with Crippen LogP contribution in [0.4, 0.5) is 26.3 Å². The molecule has 0 unspecified atom stereocenters. The molecule has 0 aliphatic carbocycles. The smallest absolute Gasteiger partial charge is 0.388 e. The molecule has 1 radical (unpaired) electrons. The van der Waals surface area contributed by atoms with Gasteiger partial charge in [-0.3, -0.25) is 4.98 Å². The van der Waals surface area contributed by atoms with Crippen LogP contribution in [0.3, 0.4) is 0 Å².